The molecule has 1 rings (SSSR count). The summed E-state index contributed by atoms with van der Waals surface area (Å²) in [5, 5.41) is 11.6. The van der Waals surface area contributed by atoms with E-state index >= 15 is 0 Å². The molecule has 0 bridgehead atoms. The van der Waals surface area contributed by atoms with E-state index in [1.54, 1.807) is 6.92 Å². The largest absolute Gasteiger partial charge is 0.511 e. The first-order valence-electron chi connectivity index (χ1n) is 7.38. The number of esters is 1. The van der Waals surface area contributed by atoms with Crippen LogP contribution in [-0.2, 0) is 18.6 Å². The molecule has 1 heterocycles. The molecule has 22 heavy (non-hydrogen) atoms. The Kier molecular flexibility index (Phi) is 6.27. The van der Waals surface area contributed by atoms with Gasteiger partial charge in [-0.15, -0.1) is 4.52 Å². The highest BCUT2D eigenvalue weighted by Gasteiger charge is 2.52. The standard InChI is InChI=1S/C15H27NO5P/c1-11(2)13(17)20-7-8-21-22(19)12-9-14(3,4)16(18)15(5,6)10-12/h12,18H,1,7-10H2,2-6H3/q+1. The molecule has 0 aromatic carbocycles. The van der Waals surface area contributed by atoms with Gasteiger partial charge in [0.15, 0.2) is 5.66 Å². The van der Waals surface area contributed by atoms with Crippen molar-refractivity contribution in [3.05, 3.63) is 12.2 Å². The van der Waals surface area contributed by atoms with Crippen LogP contribution in [0.1, 0.15) is 47.5 Å². The molecule has 0 saturated carbocycles. The molecule has 6 nitrogen and oxygen atoms in total. The van der Waals surface area contributed by atoms with Crippen LogP contribution in [0.15, 0.2) is 12.2 Å². The van der Waals surface area contributed by atoms with Gasteiger partial charge in [-0.3, -0.25) is 0 Å². The number of hydrogen-bond acceptors (Lipinski definition) is 6. The SMILES string of the molecule is C=C(C)C(=O)OCCO[P+](=O)C1CC(C)(C)N(O)C(C)(C)C1. The van der Waals surface area contributed by atoms with Gasteiger partial charge in [-0.05, 0) is 39.2 Å². The number of rotatable bonds is 6. The third kappa shape index (κ3) is 4.85. The number of nitrogens with zero attached hydrogens (tertiary/aromatic N) is 1. The summed E-state index contributed by atoms with van der Waals surface area (Å²) in [6, 6.07) is 0. The predicted octanol–water partition coefficient (Wildman–Crippen LogP) is 3.28. The summed E-state index contributed by atoms with van der Waals surface area (Å²) in [5.41, 5.74) is -0.746. The van der Waals surface area contributed by atoms with Gasteiger partial charge >= 0.3 is 14.0 Å². The average molecular weight is 332 g/mol. The highest BCUT2D eigenvalue weighted by Crippen LogP contribution is 2.46. The topological polar surface area (TPSA) is 76.1 Å². The molecular weight excluding hydrogens is 305 g/mol. The van der Waals surface area contributed by atoms with E-state index in [1.807, 2.05) is 27.7 Å². The molecule has 1 saturated heterocycles. The fraction of sp³-hybridized carbons (Fsp3) is 0.800. The van der Waals surface area contributed by atoms with Crippen LogP contribution in [0.25, 0.3) is 0 Å². The van der Waals surface area contributed by atoms with Crippen LogP contribution in [0, 0.1) is 0 Å². The van der Waals surface area contributed by atoms with Gasteiger partial charge in [-0.1, -0.05) is 6.58 Å². The van der Waals surface area contributed by atoms with Crippen LogP contribution >= 0.6 is 8.03 Å². The number of carbonyl (C=O) groups is 1. The fourth-order valence-corrected chi connectivity index (χ4v) is 4.51. The molecule has 0 aliphatic carbocycles. The zero-order chi connectivity index (χ0) is 17.1. The lowest BCUT2D eigenvalue weighted by molar-refractivity contribution is -0.241. The first kappa shape index (κ1) is 19.2. The summed E-state index contributed by atoms with van der Waals surface area (Å²) in [6.07, 6.45) is 1.15. The van der Waals surface area contributed by atoms with Crippen molar-refractivity contribution in [2.24, 2.45) is 0 Å². The predicted molar refractivity (Wildman–Crippen MR) is 84.1 cm³/mol. The molecule has 1 N–H and O–H groups in total. The van der Waals surface area contributed by atoms with Crippen molar-refractivity contribution >= 4 is 14.0 Å². The number of ether oxygens (including phenoxy) is 1. The maximum atomic E-state index is 12.3. The van der Waals surface area contributed by atoms with Crippen LogP contribution in [-0.4, -0.2) is 46.2 Å². The second-order valence-electron chi connectivity index (χ2n) is 7.03. The molecule has 0 aromatic rings. The summed E-state index contributed by atoms with van der Waals surface area (Å²) in [4.78, 5) is 11.2. The average Bonchev–Trinajstić information content (AvgIpc) is 2.39. The summed E-state index contributed by atoms with van der Waals surface area (Å²) in [7, 11) is -1.88. The maximum absolute atomic E-state index is 12.3. The Morgan fingerprint density at radius 3 is 2.23 bits per heavy atom. The molecule has 0 spiro atoms. The summed E-state index contributed by atoms with van der Waals surface area (Å²) in [6.45, 7) is 12.9. The molecule has 0 aromatic heterocycles. The Hall–Kier alpha value is -0.810. The van der Waals surface area contributed by atoms with Crippen LogP contribution in [0.2, 0.25) is 0 Å². The second-order valence-corrected chi connectivity index (χ2v) is 8.59. The van der Waals surface area contributed by atoms with E-state index < -0.39 is 25.1 Å². The zero-order valence-electron chi connectivity index (χ0n) is 14.1. The lowest BCUT2D eigenvalue weighted by atomic mass is 9.82. The van der Waals surface area contributed by atoms with E-state index in [2.05, 4.69) is 6.58 Å². The summed E-state index contributed by atoms with van der Waals surface area (Å²) < 4.78 is 22.6. The van der Waals surface area contributed by atoms with Crippen molar-refractivity contribution < 1.29 is 23.8 Å². The summed E-state index contributed by atoms with van der Waals surface area (Å²) >= 11 is 0. The minimum atomic E-state index is -1.88. The summed E-state index contributed by atoms with van der Waals surface area (Å²) in [5.74, 6) is -0.477. The number of piperidine rings is 1. The van der Waals surface area contributed by atoms with Crippen molar-refractivity contribution in [1.29, 1.82) is 0 Å². The van der Waals surface area contributed by atoms with Gasteiger partial charge < -0.3 is 9.94 Å². The van der Waals surface area contributed by atoms with Gasteiger partial charge in [0.25, 0.3) is 0 Å². The van der Waals surface area contributed by atoms with Crippen molar-refractivity contribution in [2.75, 3.05) is 13.2 Å². The normalized spacial score (nSPS) is 22.2. The Labute approximate surface area is 133 Å². The molecule has 1 aliphatic rings. The number of carbonyl (C=O) groups excluding carboxylic acids is 1. The lowest BCUT2D eigenvalue weighted by Crippen LogP contribution is -2.59. The quantitative estimate of drug-likeness (QED) is 0.348. The molecule has 0 amide bonds. The van der Waals surface area contributed by atoms with Gasteiger partial charge in [0.2, 0.25) is 0 Å². The van der Waals surface area contributed by atoms with Gasteiger partial charge in [-0.25, -0.2) is 4.79 Å². The Morgan fingerprint density at radius 1 is 1.27 bits per heavy atom. The smallest absolute Gasteiger partial charge is 0.460 e. The van der Waals surface area contributed by atoms with Gasteiger partial charge in [0.1, 0.15) is 13.2 Å². The van der Waals surface area contributed by atoms with Crippen molar-refractivity contribution in [3.63, 3.8) is 0 Å². The second kappa shape index (κ2) is 7.18. The Bertz CT molecular complexity index is 443. The number of hydrogen-bond donors (Lipinski definition) is 1. The van der Waals surface area contributed by atoms with E-state index in [4.69, 9.17) is 9.26 Å². The van der Waals surface area contributed by atoms with E-state index in [1.165, 1.54) is 5.06 Å². The number of hydroxylamine groups is 2. The maximum Gasteiger partial charge on any atom is 0.511 e. The highest BCUT2D eigenvalue weighted by molar-refractivity contribution is 7.40. The van der Waals surface area contributed by atoms with E-state index in [0.717, 1.165) is 0 Å². The van der Waals surface area contributed by atoms with Crippen LogP contribution in [0.4, 0.5) is 0 Å². The highest BCUT2D eigenvalue weighted by atomic mass is 31.1. The fourth-order valence-electron chi connectivity index (χ4n) is 2.86. The minimum absolute atomic E-state index is 0.0540. The van der Waals surface area contributed by atoms with Gasteiger partial charge in [-0.2, -0.15) is 5.06 Å². The van der Waals surface area contributed by atoms with Crippen LogP contribution < -0.4 is 0 Å². The van der Waals surface area contributed by atoms with E-state index in [-0.39, 0.29) is 18.9 Å². The molecule has 1 atom stereocenters. The van der Waals surface area contributed by atoms with Crippen LogP contribution in [0.5, 0.6) is 0 Å². The zero-order valence-corrected chi connectivity index (χ0v) is 15.0. The van der Waals surface area contributed by atoms with Gasteiger partial charge in [0.05, 0.1) is 0 Å². The van der Waals surface area contributed by atoms with Crippen molar-refractivity contribution in [2.45, 2.75) is 64.2 Å². The Balaban J connectivity index is 2.49. The monoisotopic (exact) mass is 332 g/mol. The van der Waals surface area contributed by atoms with Crippen molar-refractivity contribution in [1.82, 2.24) is 5.06 Å². The molecule has 7 heteroatoms. The first-order valence-corrected chi connectivity index (χ1v) is 8.63. The minimum Gasteiger partial charge on any atom is -0.460 e. The Morgan fingerprint density at radius 2 is 1.77 bits per heavy atom. The van der Waals surface area contributed by atoms with Gasteiger partial charge in [0, 0.05) is 29.5 Å². The van der Waals surface area contributed by atoms with E-state index in [0.29, 0.717) is 18.4 Å². The molecule has 1 fully saturated rings. The molecule has 0 radical (unpaired) electrons. The molecule has 1 unspecified atom stereocenters. The van der Waals surface area contributed by atoms with Crippen LogP contribution in [0.3, 0.4) is 0 Å². The third-order valence-corrected chi connectivity index (χ3v) is 5.20. The lowest BCUT2D eigenvalue weighted by Gasteiger charge is -2.48. The van der Waals surface area contributed by atoms with Crippen molar-refractivity contribution in [3.8, 4) is 0 Å². The first-order chi connectivity index (χ1) is 9.97. The molecule has 126 valence electrons. The van der Waals surface area contributed by atoms with E-state index in [9.17, 15) is 14.6 Å². The molecule has 1 aliphatic heterocycles. The third-order valence-electron chi connectivity index (χ3n) is 3.80. The molecular formula is C15H27NO5P+.